The lowest BCUT2D eigenvalue weighted by Gasteiger charge is -2.33. The van der Waals surface area contributed by atoms with E-state index >= 15 is 0 Å². The van der Waals surface area contributed by atoms with Crippen LogP contribution in [0.4, 0.5) is 18.0 Å². The van der Waals surface area contributed by atoms with E-state index in [0.29, 0.717) is 28.3 Å². The van der Waals surface area contributed by atoms with Crippen molar-refractivity contribution in [2.45, 2.75) is 50.9 Å². The van der Waals surface area contributed by atoms with Crippen LogP contribution in [0.15, 0.2) is 24.3 Å². The van der Waals surface area contributed by atoms with Crippen molar-refractivity contribution in [1.29, 1.82) is 0 Å². The Morgan fingerprint density at radius 3 is 2.59 bits per heavy atom. The molecule has 0 unspecified atom stereocenters. The minimum absolute atomic E-state index is 0.0463. The Labute approximate surface area is 191 Å². The van der Waals surface area contributed by atoms with Crippen molar-refractivity contribution in [3.05, 3.63) is 30.1 Å². The number of nitrogens with one attached hydrogen (secondary N) is 2. The number of imide groups is 1. The molecule has 2 heterocycles. The molecule has 1 saturated carbocycles. The van der Waals surface area contributed by atoms with E-state index in [1.807, 2.05) is 6.92 Å². The molecule has 34 heavy (non-hydrogen) atoms. The number of aromatic nitrogens is 2. The molecule has 2 fully saturated rings. The summed E-state index contributed by atoms with van der Waals surface area (Å²) in [4.78, 5) is 52.9. The van der Waals surface area contributed by atoms with Gasteiger partial charge < -0.3 is 14.6 Å². The zero-order chi connectivity index (χ0) is 24.7. The summed E-state index contributed by atoms with van der Waals surface area (Å²) in [6.07, 6.45) is -2.43. The molecular formula is C21H22F3N5O5. The Kier molecular flexibility index (Phi) is 5.96. The molecule has 2 aliphatic rings. The molecule has 10 nitrogen and oxygen atoms in total. The van der Waals surface area contributed by atoms with Gasteiger partial charge in [0.25, 0.3) is 11.8 Å². The first-order valence-corrected chi connectivity index (χ1v) is 10.6. The first kappa shape index (κ1) is 23.5. The molecule has 1 aromatic heterocycles. The van der Waals surface area contributed by atoms with Crippen LogP contribution in [-0.2, 0) is 31.8 Å². The quantitative estimate of drug-likeness (QED) is 0.498. The molecule has 2 aromatic rings. The van der Waals surface area contributed by atoms with E-state index in [0.717, 1.165) is 12.8 Å². The van der Waals surface area contributed by atoms with Gasteiger partial charge in [0.1, 0.15) is 12.1 Å². The molecular weight excluding hydrogens is 459 g/mol. The first-order valence-electron chi connectivity index (χ1n) is 10.6. The molecule has 0 bridgehead atoms. The van der Waals surface area contributed by atoms with E-state index in [2.05, 4.69) is 15.7 Å². The van der Waals surface area contributed by atoms with Crippen molar-refractivity contribution in [3.63, 3.8) is 0 Å². The third-order valence-corrected chi connectivity index (χ3v) is 6.09. The minimum Gasteiger partial charge on any atom is -0.454 e. The Morgan fingerprint density at radius 1 is 1.24 bits per heavy atom. The summed E-state index contributed by atoms with van der Waals surface area (Å²) in [6.45, 7) is 0.313. The number of benzene rings is 1. The number of carbonyl (C=O) groups is 4. The fraction of sp³-hybridized carbons (Fsp3) is 0.476. The smallest absolute Gasteiger partial charge is 0.449 e. The summed E-state index contributed by atoms with van der Waals surface area (Å²) in [7, 11) is 0. The van der Waals surface area contributed by atoms with Crippen molar-refractivity contribution < 1.29 is 37.1 Å². The van der Waals surface area contributed by atoms with Gasteiger partial charge in [0.2, 0.25) is 5.82 Å². The SMILES string of the molecule is CC1CCC2(CC1)NC(=O)N(NC(=O)COC(=O)Cn1c(C(F)(F)F)nc3ccccc31)C2=O. The first-order chi connectivity index (χ1) is 16.0. The predicted octanol–water partition coefficient (Wildman–Crippen LogP) is 2.13. The molecule has 1 aliphatic carbocycles. The second kappa shape index (κ2) is 8.61. The van der Waals surface area contributed by atoms with Gasteiger partial charge in [-0.2, -0.15) is 18.2 Å². The highest BCUT2D eigenvalue weighted by Crippen LogP contribution is 2.36. The van der Waals surface area contributed by atoms with E-state index in [-0.39, 0.29) is 11.0 Å². The molecule has 1 spiro atoms. The van der Waals surface area contributed by atoms with Gasteiger partial charge in [-0.1, -0.05) is 19.1 Å². The number of amides is 4. The van der Waals surface area contributed by atoms with Crippen molar-refractivity contribution >= 4 is 34.8 Å². The minimum atomic E-state index is -4.81. The molecule has 0 radical (unpaired) electrons. The average molecular weight is 481 g/mol. The maximum absolute atomic E-state index is 13.3. The number of halogens is 3. The highest BCUT2D eigenvalue weighted by Gasteiger charge is 2.53. The van der Waals surface area contributed by atoms with Crippen molar-refractivity contribution in [2.75, 3.05) is 6.61 Å². The Bertz CT molecular complexity index is 1150. The molecule has 2 N–H and O–H groups in total. The van der Waals surface area contributed by atoms with E-state index in [1.54, 1.807) is 0 Å². The highest BCUT2D eigenvalue weighted by molar-refractivity contribution is 6.08. The van der Waals surface area contributed by atoms with Gasteiger partial charge in [0.15, 0.2) is 6.61 Å². The molecule has 4 rings (SSSR count). The normalized spacial score (nSPS) is 22.8. The van der Waals surface area contributed by atoms with Gasteiger partial charge in [-0.25, -0.2) is 9.78 Å². The molecule has 1 saturated heterocycles. The van der Waals surface area contributed by atoms with Gasteiger partial charge in [0.05, 0.1) is 11.0 Å². The molecule has 1 aromatic carbocycles. The van der Waals surface area contributed by atoms with Crippen LogP contribution < -0.4 is 10.7 Å². The number of nitrogens with zero attached hydrogens (tertiary/aromatic N) is 3. The van der Waals surface area contributed by atoms with Crippen LogP contribution in [-0.4, -0.2) is 50.5 Å². The maximum Gasteiger partial charge on any atom is 0.449 e. The van der Waals surface area contributed by atoms with Crippen molar-refractivity contribution in [2.24, 2.45) is 5.92 Å². The molecule has 182 valence electrons. The second-order valence-corrected chi connectivity index (χ2v) is 8.54. The summed E-state index contributed by atoms with van der Waals surface area (Å²) in [5.41, 5.74) is 1.15. The van der Waals surface area contributed by atoms with Crippen LogP contribution in [0.1, 0.15) is 38.4 Å². The van der Waals surface area contributed by atoms with Crippen molar-refractivity contribution in [1.82, 2.24) is 25.3 Å². The van der Waals surface area contributed by atoms with Crippen LogP contribution in [0.5, 0.6) is 0 Å². The van der Waals surface area contributed by atoms with Gasteiger partial charge in [-0.15, -0.1) is 0 Å². The number of imidazole rings is 1. The number of hydrogen-bond acceptors (Lipinski definition) is 6. The third-order valence-electron chi connectivity index (χ3n) is 6.09. The van der Waals surface area contributed by atoms with Crippen LogP contribution in [0.2, 0.25) is 0 Å². The number of ether oxygens (including phenoxy) is 1. The number of carbonyl (C=O) groups excluding carboxylic acids is 4. The number of fused-ring (bicyclic) bond motifs is 1. The zero-order valence-corrected chi connectivity index (χ0v) is 18.1. The van der Waals surface area contributed by atoms with E-state index in [4.69, 9.17) is 4.74 Å². The van der Waals surface area contributed by atoms with Crippen LogP contribution in [0.3, 0.4) is 0 Å². The van der Waals surface area contributed by atoms with Crippen LogP contribution in [0, 0.1) is 5.92 Å². The molecule has 13 heteroatoms. The summed E-state index contributed by atoms with van der Waals surface area (Å²) in [5.74, 6) is -3.56. The third kappa shape index (κ3) is 4.41. The molecule has 1 aliphatic heterocycles. The van der Waals surface area contributed by atoms with Gasteiger partial charge in [0, 0.05) is 0 Å². The Balaban J connectivity index is 1.37. The van der Waals surface area contributed by atoms with E-state index in [1.165, 1.54) is 24.3 Å². The van der Waals surface area contributed by atoms with Gasteiger partial charge in [-0.3, -0.25) is 19.8 Å². The molecule has 4 amide bonds. The fourth-order valence-corrected chi connectivity index (χ4v) is 4.25. The predicted molar refractivity (Wildman–Crippen MR) is 110 cm³/mol. The van der Waals surface area contributed by atoms with Gasteiger partial charge in [-0.05, 0) is 43.7 Å². The van der Waals surface area contributed by atoms with Crippen molar-refractivity contribution in [3.8, 4) is 0 Å². The number of rotatable bonds is 5. The average Bonchev–Trinajstić information content (AvgIpc) is 3.26. The lowest BCUT2D eigenvalue weighted by Crippen LogP contribution is -2.52. The monoisotopic (exact) mass is 481 g/mol. The summed E-state index contributed by atoms with van der Waals surface area (Å²) >= 11 is 0. The van der Waals surface area contributed by atoms with E-state index in [9.17, 15) is 32.3 Å². The maximum atomic E-state index is 13.3. The lowest BCUT2D eigenvalue weighted by atomic mass is 9.77. The summed E-state index contributed by atoms with van der Waals surface area (Å²) in [6, 6.07) is 4.96. The fourth-order valence-electron chi connectivity index (χ4n) is 4.25. The number of urea groups is 1. The van der Waals surface area contributed by atoms with Crippen LogP contribution >= 0.6 is 0 Å². The standard InChI is InChI=1S/C21H22F3N5O5/c1-12-6-8-20(9-7-12)18(32)29(19(33)26-20)27-15(30)11-34-16(31)10-28-14-5-3-2-4-13(14)25-17(28)21(22,23)24/h2-5,12H,6-11H2,1H3,(H,26,33)(H,27,30). The van der Waals surface area contributed by atoms with Gasteiger partial charge >= 0.3 is 18.2 Å². The topological polar surface area (TPSA) is 123 Å². The Hall–Kier alpha value is -3.64. The number of para-hydroxylation sites is 2. The zero-order valence-electron chi connectivity index (χ0n) is 18.1. The highest BCUT2D eigenvalue weighted by atomic mass is 19.4. The molecule has 0 atom stereocenters. The number of hydrogen-bond donors (Lipinski definition) is 2. The number of hydrazine groups is 1. The Morgan fingerprint density at radius 2 is 1.91 bits per heavy atom. The number of esters is 1. The summed E-state index contributed by atoms with van der Waals surface area (Å²) < 4.78 is 45.5. The van der Waals surface area contributed by atoms with Crippen LogP contribution in [0.25, 0.3) is 11.0 Å². The summed E-state index contributed by atoms with van der Waals surface area (Å²) in [5, 5.41) is 3.18. The second-order valence-electron chi connectivity index (χ2n) is 8.54. The number of alkyl halides is 3. The van der Waals surface area contributed by atoms with E-state index < -0.39 is 54.5 Å². The lowest BCUT2D eigenvalue weighted by molar-refractivity contribution is -0.154. The largest absolute Gasteiger partial charge is 0.454 e.